The molecule has 0 aromatic heterocycles. The molecule has 4 heteroatoms. The molecule has 0 saturated heterocycles. The highest BCUT2D eigenvalue weighted by Crippen LogP contribution is 2.29. The van der Waals surface area contributed by atoms with E-state index < -0.39 is 0 Å². The van der Waals surface area contributed by atoms with Crippen molar-refractivity contribution in [2.75, 3.05) is 19.7 Å². The van der Waals surface area contributed by atoms with E-state index in [1.54, 1.807) is 18.2 Å². The van der Waals surface area contributed by atoms with E-state index in [0.717, 1.165) is 30.8 Å². The number of nitriles is 1. The smallest absolute Gasteiger partial charge is 0.123 e. The van der Waals surface area contributed by atoms with Crippen molar-refractivity contribution in [1.82, 2.24) is 4.90 Å². The van der Waals surface area contributed by atoms with Gasteiger partial charge in [-0.1, -0.05) is 6.07 Å². The molecular formula is C19H19FN2O. The van der Waals surface area contributed by atoms with Crippen molar-refractivity contribution in [3.05, 3.63) is 65.0 Å². The molecule has 0 N–H and O–H groups in total. The molecule has 1 aliphatic heterocycles. The molecule has 0 bridgehead atoms. The number of nitrogens with zero attached hydrogens (tertiary/aromatic N) is 2. The second-order valence-corrected chi connectivity index (χ2v) is 5.79. The zero-order valence-corrected chi connectivity index (χ0v) is 13.1. The van der Waals surface area contributed by atoms with Gasteiger partial charge in [0.1, 0.15) is 18.2 Å². The Kier molecular flexibility index (Phi) is 4.59. The van der Waals surface area contributed by atoms with Gasteiger partial charge >= 0.3 is 0 Å². The average molecular weight is 310 g/mol. The van der Waals surface area contributed by atoms with Crippen LogP contribution >= 0.6 is 0 Å². The topological polar surface area (TPSA) is 36.3 Å². The van der Waals surface area contributed by atoms with Crippen LogP contribution in [0.5, 0.6) is 5.75 Å². The van der Waals surface area contributed by atoms with E-state index in [-0.39, 0.29) is 11.9 Å². The van der Waals surface area contributed by atoms with Crippen LogP contribution in [0.25, 0.3) is 0 Å². The van der Waals surface area contributed by atoms with E-state index in [0.29, 0.717) is 12.2 Å². The van der Waals surface area contributed by atoms with E-state index in [1.807, 2.05) is 18.2 Å². The highest BCUT2D eigenvalue weighted by Gasteiger charge is 2.23. The first-order chi connectivity index (χ1) is 11.2. The van der Waals surface area contributed by atoms with E-state index in [9.17, 15) is 4.39 Å². The fraction of sp³-hybridized carbons (Fsp3) is 0.316. The van der Waals surface area contributed by atoms with Gasteiger partial charge in [0.15, 0.2) is 0 Å². The Labute approximate surface area is 135 Å². The lowest BCUT2D eigenvalue weighted by atomic mass is 9.93. The van der Waals surface area contributed by atoms with Gasteiger partial charge in [-0.2, -0.15) is 5.26 Å². The molecule has 0 radical (unpaired) electrons. The Hall–Kier alpha value is -2.38. The fourth-order valence-electron chi connectivity index (χ4n) is 3.05. The third kappa shape index (κ3) is 3.52. The summed E-state index contributed by atoms with van der Waals surface area (Å²) in [5.74, 6) is 0.589. The van der Waals surface area contributed by atoms with Crippen molar-refractivity contribution in [3.63, 3.8) is 0 Å². The Morgan fingerprint density at radius 1 is 1.26 bits per heavy atom. The van der Waals surface area contributed by atoms with E-state index in [4.69, 9.17) is 10.00 Å². The summed E-state index contributed by atoms with van der Waals surface area (Å²) in [6.07, 6.45) is 0.941. The molecule has 2 aromatic carbocycles. The molecular weight excluding hydrogens is 291 g/mol. The van der Waals surface area contributed by atoms with Crippen LogP contribution in [0, 0.1) is 17.1 Å². The van der Waals surface area contributed by atoms with Crippen molar-refractivity contribution >= 4 is 0 Å². The summed E-state index contributed by atoms with van der Waals surface area (Å²) in [7, 11) is 0. The minimum atomic E-state index is -0.175. The molecule has 2 aromatic rings. The highest BCUT2D eigenvalue weighted by molar-refractivity contribution is 5.34. The zero-order chi connectivity index (χ0) is 16.2. The van der Waals surface area contributed by atoms with Crippen LogP contribution in [0.1, 0.15) is 29.7 Å². The third-order valence-corrected chi connectivity index (χ3v) is 4.40. The first-order valence-corrected chi connectivity index (χ1v) is 7.83. The molecule has 1 heterocycles. The lowest BCUT2D eigenvalue weighted by molar-refractivity contribution is 0.159. The second-order valence-electron chi connectivity index (χ2n) is 5.79. The maximum atomic E-state index is 13.5. The van der Waals surface area contributed by atoms with Crippen LogP contribution in [0.3, 0.4) is 0 Å². The Balaban J connectivity index is 1.57. The largest absolute Gasteiger partial charge is 0.492 e. The minimum Gasteiger partial charge on any atom is -0.492 e. The van der Waals surface area contributed by atoms with Crippen LogP contribution in [0.4, 0.5) is 4.39 Å². The van der Waals surface area contributed by atoms with Gasteiger partial charge in [-0.15, -0.1) is 0 Å². The molecule has 3 rings (SSSR count). The van der Waals surface area contributed by atoms with E-state index in [2.05, 4.69) is 17.9 Å². The fourth-order valence-corrected chi connectivity index (χ4v) is 3.05. The van der Waals surface area contributed by atoms with Gasteiger partial charge in [0.25, 0.3) is 0 Å². The molecule has 1 atom stereocenters. The van der Waals surface area contributed by atoms with Crippen LogP contribution < -0.4 is 4.74 Å². The summed E-state index contributed by atoms with van der Waals surface area (Å²) in [5.41, 5.74) is 2.94. The number of fused-ring (bicyclic) bond motifs is 1. The quantitative estimate of drug-likeness (QED) is 0.864. The summed E-state index contributed by atoms with van der Waals surface area (Å²) < 4.78 is 19.2. The summed E-state index contributed by atoms with van der Waals surface area (Å²) in [4.78, 5) is 2.31. The number of ether oxygens (including phenoxy) is 1. The normalized spacial score (nSPS) is 17.3. The van der Waals surface area contributed by atoms with Crippen molar-refractivity contribution in [3.8, 4) is 11.8 Å². The maximum absolute atomic E-state index is 13.5. The first-order valence-electron chi connectivity index (χ1n) is 7.83. The van der Waals surface area contributed by atoms with Crippen LogP contribution in [0.15, 0.2) is 42.5 Å². The van der Waals surface area contributed by atoms with Gasteiger partial charge in [0, 0.05) is 19.1 Å². The van der Waals surface area contributed by atoms with Crippen molar-refractivity contribution in [1.29, 1.82) is 5.26 Å². The Morgan fingerprint density at radius 3 is 2.78 bits per heavy atom. The predicted octanol–water partition coefficient (Wildman–Crippen LogP) is 3.70. The van der Waals surface area contributed by atoms with Gasteiger partial charge in [0.2, 0.25) is 0 Å². The van der Waals surface area contributed by atoms with Crippen LogP contribution in [0.2, 0.25) is 0 Å². The van der Waals surface area contributed by atoms with Crippen molar-refractivity contribution in [2.24, 2.45) is 0 Å². The zero-order valence-electron chi connectivity index (χ0n) is 13.1. The van der Waals surface area contributed by atoms with Gasteiger partial charge in [-0.3, -0.25) is 4.90 Å². The predicted molar refractivity (Wildman–Crippen MR) is 86.7 cm³/mol. The Morgan fingerprint density at radius 2 is 2.04 bits per heavy atom. The summed E-state index contributed by atoms with van der Waals surface area (Å²) in [6, 6.07) is 14.5. The lowest BCUT2D eigenvalue weighted by Gasteiger charge is -2.35. The molecule has 23 heavy (non-hydrogen) atoms. The first kappa shape index (κ1) is 15.5. The number of benzene rings is 2. The van der Waals surface area contributed by atoms with Crippen molar-refractivity contribution in [2.45, 2.75) is 19.4 Å². The number of halogens is 1. The molecule has 0 saturated carbocycles. The van der Waals surface area contributed by atoms with Crippen molar-refractivity contribution < 1.29 is 9.13 Å². The maximum Gasteiger partial charge on any atom is 0.123 e. The van der Waals surface area contributed by atoms with E-state index >= 15 is 0 Å². The van der Waals surface area contributed by atoms with Crippen LogP contribution in [-0.4, -0.2) is 24.6 Å². The highest BCUT2D eigenvalue weighted by atomic mass is 19.1. The van der Waals surface area contributed by atoms with E-state index in [1.165, 1.54) is 11.6 Å². The minimum absolute atomic E-state index is 0.175. The Bertz CT molecular complexity index is 721. The van der Waals surface area contributed by atoms with Gasteiger partial charge in [0.05, 0.1) is 11.6 Å². The molecule has 3 nitrogen and oxygen atoms in total. The SMILES string of the molecule is CC1c2cc(F)ccc2CCN1CCOc1ccc(C#N)cc1. The van der Waals surface area contributed by atoms with Gasteiger partial charge in [-0.05, 0) is 60.9 Å². The molecule has 0 amide bonds. The molecule has 0 fully saturated rings. The summed E-state index contributed by atoms with van der Waals surface area (Å²) in [5, 5.41) is 8.78. The standard InChI is InChI=1S/C19H19FN2O/c1-14-19-12-17(20)5-4-16(19)8-9-22(14)10-11-23-18-6-2-15(13-21)3-7-18/h2-7,12,14H,8-11H2,1H3. The number of hydrogen-bond acceptors (Lipinski definition) is 3. The number of hydrogen-bond donors (Lipinski definition) is 0. The molecule has 1 unspecified atom stereocenters. The molecule has 0 spiro atoms. The summed E-state index contributed by atoms with van der Waals surface area (Å²) in [6.45, 7) is 4.42. The van der Waals surface area contributed by atoms with Gasteiger partial charge < -0.3 is 4.74 Å². The second kappa shape index (κ2) is 6.80. The molecule has 0 aliphatic carbocycles. The third-order valence-electron chi connectivity index (χ3n) is 4.40. The molecule has 118 valence electrons. The average Bonchev–Trinajstić information content (AvgIpc) is 2.58. The molecule has 1 aliphatic rings. The summed E-state index contributed by atoms with van der Waals surface area (Å²) >= 11 is 0. The number of rotatable bonds is 4. The van der Waals surface area contributed by atoms with Gasteiger partial charge in [-0.25, -0.2) is 4.39 Å². The lowest BCUT2D eigenvalue weighted by Crippen LogP contribution is -2.36. The van der Waals surface area contributed by atoms with Crippen LogP contribution in [-0.2, 0) is 6.42 Å². The monoisotopic (exact) mass is 310 g/mol.